The van der Waals surface area contributed by atoms with E-state index < -0.39 is 12.3 Å². The Bertz CT molecular complexity index is 985. The van der Waals surface area contributed by atoms with E-state index in [0.717, 1.165) is 29.1 Å². The highest BCUT2D eigenvalue weighted by Crippen LogP contribution is 2.41. The molecule has 0 aromatic carbocycles. The van der Waals surface area contributed by atoms with Crippen molar-refractivity contribution in [3.05, 3.63) is 40.8 Å². The lowest BCUT2D eigenvalue weighted by atomic mass is 9.92. The van der Waals surface area contributed by atoms with Gasteiger partial charge in [0.25, 0.3) is 5.91 Å². The average molecular weight is 412 g/mol. The fraction of sp³-hybridized carbons (Fsp3) is 0.591. The van der Waals surface area contributed by atoms with Crippen LogP contribution in [0.15, 0.2) is 18.3 Å². The van der Waals surface area contributed by atoms with E-state index in [1.807, 2.05) is 24.7 Å². The molecule has 2 aromatic rings. The second kappa shape index (κ2) is 7.06. The van der Waals surface area contributed by atoms with Crippen LogP contribution in [0.1, 0.15) is 72.8 Å². The van der Waals surface area contributed by atoms with Gasteiger partial charge in [-0.1, -0.05) is 6.92 Å². The second-order valence-electron chi connectivity index (χ2n) is 8.92. The minimum Gasteiger partial charge on any atom is -0.371 e. The number of pyridine rings is 1. The Kier molecular flexibility index (Phi) is 4.59. The molecular formula is C22H29N5O3. The zero-order valence-electron chi connectivity index (χ0n) is 17.8. The first-order valence-corrected chi connectivity index (χ1v) is 10.8. The number of carbonyl (C=O) groups is 1. The first kappa shape index (κ1) is 19.5. The summed E-state index contributed by atoms with van der Waals surface area (Å²) in [6.07, 6.45) is 4.70. The van der Waals surface area contributed by atoms with Crippen molar-refractivity contribution in [1.29, 1.82) is 0 Å². The summed E-state index contributed by atoms with van der Waals surface area (Å²) in [5.41, 5.74) is 3.13. The summed E-state index contributed by atoms with van der Waals surface area (Å²) in [6.45, 7) is 5.29. The van der Waals surface area contributed by atoms with E-state index in [4.69, 9.17) is 9.84 Å². The number of likely N-dealkylation sites (N-methyl/N-ethyl adjacent to an activating group) is 1. The zero-order chi connectivity index (χ0) is 21.0. The summed E-state index contributed by atoms with van der Waals surface area (Å²) in [4.78, 5) is 19.1. The van der Waals surface area contributed by atoms with Crippen LogP contribution < -0.4 is 10.2 Å². The monoisotopic (exact) mass is 411 g/mol. The molecule has 160 valence electrons. The maximum absolute atomic E-state index is 13.0. The third kappa shape index (κ3) is 3.18. The van der Waals surface area contributed by atoms with Crippen LogP contribution >= 0.6 is 0 Å². The minimum absolute atomic E-state index is 0.279. The van der Waals surface area contributed by atoms with Crippen LogP contribution in [-0.2, 0) is 23.5 Å². The molecule has 0 bridgehead atoms. The standard InChI is InChI=1S/C22H29N5O3/c1-4-22(2)15-9-18(23-11-14(15)12-30-22)20(28)24-16-7-8-27-19(26(3)21(16)29)10-17(25-27)13-5-6-13/h9-11,13,16,21,29H,4-8,12H2,1-3H3,(H,24,28)/t16-,21?,22+/m0/s1. The third-order valence-corrected chi connectivity index (χ3v) is 6.87. The lowest BCUT2D eigenvalue weighted by Crippen LogP contribution is -2.50. The van der Waals surface area contributed by atoms with Crippen molar-refractivity contribution in [3.63, 3.8) is 0 Å². The summed E-state index contributed by atoms with van der Waals surface area (Å²) in [6, 6.07) is 3.48. The number of nitrogens with one attached hydrogen (secondary N) is 1. The van der Waals surface area contributed by atoms with Crippen LogP contribution in [0.5, 0.6) is 0 Å². The van der Waals surface area contributed by atoms with Crippen molar-refractivity contribution in [2.45, 2.75) is 76.5 Å². The lowest BCUT2D eigenvalue weighted by molar-refractivity contribution is -0.0259. The highest BCUT2D eigenvalue weighted by atomic mass is 16.5. The number of fused-ring (bicyclic) bond motifs is 2. The van der Waals surface area contributed by atoms with Gasteiger partial charge >= 0.3 is 0 Å². The van der Waals surface area contributed by atoms with Crippen molar-refractivity contribution in [1.82, 2.24) is 20.1 Å². The van der Waals surface area contributed by atoms with Crippen molar-refractivity contribution < 1.29 is 14.6 Å². The Hall–Kier alpha value is -2.45. The number of aliphatic hydroxyl groups is 1. The van der Waals surface area contributed by atoms with E-state index in [0.29, 0.717) is 31.2 Å². The first-order valence-electron chi connectivity index (χ1n) is 10.8. The Morgan fingerprint density at radius 2 is 2.17 bits per heavy atom. The summed E-state index contributed by atoms with van der Waals surface area (Å²) < 4.78 is 7.87. The Morgan fingerprint density at radius 1 is 1.37 bits per heavy atom. The van der Waals surface area contributed by atoms with Crippen LogP contribution in [0.4, 0.5) is 5.82 Å². The van der Waals surface area contributed by atoms with E-state index in [1.54, 1.807) is 11.1 Å². The maximum atomic E-state index is 13.0. The van der Waals surface area contributed by atoms with E-state index in [1.165, 1.54) is 12.8 Å². The average Bonchev–Trinajstić information content (AvgIpc) is 3.45. The number of amides is 1. The van der Waals surface area contributed by atoms with Gasteiger partial charge < -0.3 is 20.1 Å². The van der Waals surface area contributed by atoms with E-state index >= 15 is 0 Å². The van der Waals surface area contributed by atoms with Crippen LogP contribution in [0.3, 0.4) is 0 Å². The molecule has 1 saturated carbocycles. The molecule has 5 rings (SSSR count). The molecular weight excluding hydrogens is 382 g/mol. The molecule has 8 nitrogen and oxygen atoms in total. The Labute approximate surface area is 176 Å². The van der Waals surface area contributed by atoms with E-state index in [9.17, 15) is 9.90 Å². The van der Waals surface area contributed by atoms with Gasteiger partial charge in [0.05, 0.1) is 23.9 Å². The van der Waals surface area contributed by atoms with Gasteiger partial charge in [-0.05, 0) is 44.2 Å². The predicted molar refractivity (Wildman–Crippen MR) is 111 cm³/mol. The second-order valence-corrected chi connectivity index (χ2v) is 8.92. The molecule has 0 spiro atoms. The van der Waals surface area contributed by atoms with E-state index in [-0.39, 0.29) is 11.5 Å². The van der Waals surface area contributed by atoms with Gasteiger partial charge in [-0.25, -0.2) is 4.68 Å². The van der Waals surface area contributed by atoms with Crippen LogP contribution in [-0.4, -0.2) is 45.1 Å². The number of hydrogen-bond acceptors (Lipinski definition) is 6. The van der Waals surface area contributed by atoms with Crippen LogP contribution in [0.2, 0.25) is 0 Å². The summed E-state index contributed by atoms with van der Waals surface area (Å²) >= 11 is 0. The number of aliphatic hydroxyl groups excluding tert-OH is 1. The van der Waals surface area contributed by atoms with Crippen molar-refractivity contribution in [3.8, 4) is 0 Å². The topological polar surface area (TPSA) is 92.5 Å². The predicted octanol–water partition coefficient (Wildman–Crippen LogP) is 2.27. The molecule has 0 saturated heterocycles. The Balaban J connectivity index is 1.33. The lowest BCUT2D eigenvalue weighted by Gasteiger charge is -2.29. The van der Waals surface area contributed by atoms with Gasteiger partial charge in [-0.2, -0.15) is 5.10 Å². The number of rotatable bonds is 4. The van der Waals surface area contributed by atoms with Gasteiger partial charge in [-0.3, -0.25) is 9.78 Å². The molecule has 2 N–H and O–H groups in total. The van der Waals surface area contributed by atoms with Crippen molar-refractivity contribution in [2.75, 3.05) is 11.9 Å². The van der Waals surface area contributed by atoms with Crippen molar-refractivity contribution in [2.24, 2.45) is 0 Å². The van der Waals surface area contributed by atoms with Gasteiger partial charge in [0.15, 0.2) is 0 Å². The molecule has 1 fully saturated rings. The molecule has 8 heteroatoms. The summed E-state index contributed by atoms with van der Waals surface area (Å²) in [5.74, 6) is 1.18. The molecule has 3 aliphatic rings. The molecule has 4 heterocycles. The van der Waals surface area contributed by atoms with Crippen LogP contribution in [0, 0.1) is 0 Å². The van der Waals surface area contributed by atoms with Gasteiger partial charge in [0.1, 0.15) is 17.7 Å². The zero-order valence-corrected chi connectivity index (χ0v) is 17.8. The molecule has 2 aliphatic heterocycles. The van der Waals surface area contributed by atoms with Gasteiger partial charge in [0.2, 0.25) is 0 Å². The van der Waals surface area contributed by atoms with Crippen LogP contribution in [0.25, 0.3) is 0 Å². The SMILES string of the molecule is CC[C@@]1(C)OCc2cnc(C(=O)N[C@H]3CCn4nc(C5CC5)cc4N(C)C3O)cc21. The highest BCUT2D eigenvalue weighted by Gasteiger charge is 2.36. The number of hydrogen-bond donors (Lipinski definition) is 2. The third-order valence-electron chi connectivity index (χ3n) is 6.87. The molecule has 1 amide bonds. The number of aryl methyl sites for hydroxylation is 1. The fourth-order valence-electron chi connectivity index (χ4n) is 4.48. The Morgan fingerprint density at radius 3 is 2.90 bits per heavy atom. The quantitative estimate of drug-likeness (QED) is 0.802. The number of carbonyl (C=O) groups excluding carboxylic acids is 1. The molecule has 1 aliphatic carbocycles. The number of nitrogens with zero attached hydrogens (tertiary/aromatic N) is 4. The molecule has 0 radical (unpaired) electrons. The maximum Gasteiger partial charge on any atom is 0.270 e. The summed E-state index contributed by atoms with van der Waals surface area (Å²) in [7, 11) is 1.84. The minimum atomic E-state index is -0.836. The smallest absolute Gasteiger partial charge is 0.270 e. The molecule has 30 heavy (non-hydrogen) atoms. The fourth-order valence-corrected chi connectivity index (χ4v) is 4.48. The van der Waals surface area contributed by atoms with E-state index in [2.05, 4.69) is 23.3 Å². The van der Waals surface area contributed by atoms with Gasteiger partial charge in [-0.15, -0.1) is 0 Å². The molecule has 1 unspecified atom stereocenters. The summed E-state index contributed by atoms with van der Waals surface area (Å²) in [5, 5.41) is 18.6. The van der Waals surface area contributed by atoms with Gasteiger partial charge in [0, 0.05) is 37.3 Å². The number of aromatic nitrogens is 3. The number of ether oxygens (including phenoxy) is 1. The first-order chi connectivity index (χ1) is 14.4. The largest absolute Gasteiger partial charge is 0.371 e. The number of anilines is 1. The highest BCUT2D eigenvalue weighted by molar-refractivity contribution is 5.92. The normalized spacial score (nSPS) is 28.1. The molecule has 2 aromatic heterocycles. The molecule has 3 atom stereocenters. The van der Waals surface area contributed by atoms with Crippen molar-refractivity contribution >= 4 is 11.7 Å².